The van der Waals surface area contributed by atoms with Crippen molar-refractivity contribution < 1.29 is 29.3 Å². The number of nitrogens with one attached hydrogen (secondary N) is 1. The number of carboxylic acids is 2. The molecule has 11 heteroatoms. The lowest BCUT2D eigenvalue weighted by Crippen LogP contribution is -2.30. The Morgan fingerprint density at radius 2 is 1.94 bits per heavy atom. The van der Waals surface area contributed by atoms with E-state index >= 15 is 0 Å². The molecule has 9 nitrogen and oxygen atoms in total. The van der Waals surface area contributed by atoms with Gasteiger partial charge in [-0.25, -0.2) is 9.59 Å². The van der Waals surface area contributed by atoms with Crippen molar-refractivity contribution in [2.75, 3.05) is 6.61 Å². The van der Waals surface area contributed by atoms with Crippen LogP contribution >= 0.6 is 24.0 Å². The Labute approximate surface area is 205 Å². The molecule has 1 aliphatic carbocycles. The lowest BCUT2D eigenvalue weighted by molar-refractivity contribution is -0.139. The number of benzene rings is 2. The molecule has 0 fully saturated rings. The third kappa shape index (κ3) is 4.54. The summed E-state index contributed by atoms with van der Waals surface area (Å²) in [5, 5.41) is 20.1. The van der Waals surface area contributed by atoms with Crippen molar-refractivity contribution in [2.24, 2.45) is 11.5 Å². The number of primary amides is 1. The fourth-order valence-electron chi connectivity index (χ4n) is 4.73. The molecule has 0 saturated heterocycles. The van der Waals surface area contributed by atoms with Gasteiger partial charge in [0.2, 0.25) is 5.91 Å². The number of H-pyrrole nitrogens is 1. The van der Waals surface area contributed by atoms with Crippen molar-refractivity contribution >= 4 is 52.8 Å². The second kappa shape index (κ2) is 9.92. The molecule has 0 radical (unpaired) electrons. The monoisotopic (exact) mass is 507 g/mol. The lowest BCUT2D eigenvalue weighted by Gasteiger charge is -2.30. The SMILES string of the molecule is Cl.NCc1ccc(C(C(N)=O)C2CCc3cc(Cl)cc4[nH]c(C(=O)O)c2c34)c(OCC(=O)O)c1. The van der Waals surface area contributed by atoms with E-state index in [1.54, 1.807) is 30.3 Å². The molecule has 0 spiro atoms. The second-order valence-electron chi connectivity index (χ2n) is 7.99. The number of halogens is 2. The Hall–Kier alpha value is -3.27. The molecule has 180 valence electrons. The fraction of sp³-hybridized carbons (Fsp3) is 0.261. The van der Waals surface area contributed by atoms with Crippen LogP contribution < -0.4 is 16.2 Å². The minimum atomic E-state index is -1.18. The van der Waals surface area contributed by atoms with Crippen LogP contribution in [0.3, 0.4) is 0 Å². The van der Waals surface area contributed by atoms with Gasteiger partial charge >= 0.3 is 11.9 Å². The maximum atomic E-state index is 12.8. The molecule has 2 atom stereocenters. The van der Waals surface area contributed by atoms with Gasteiger partial charge in [-0.05, 0) is 47.7 Å². The van der Waals surface area contributed by atoms with Crippen molar-refractivity contribution in [2.45, 2.75) is 31.2 Å². The smallest absolute Gasteiger partial charge is 0.352 e. The minimum absolute atomic E-state index is 0. The number of aryl methyl sites for hydroxylation is 1. The summed E-state index contributed by atoms with van der Waals surface area (Å²) in [5.41, 5.74) is 14.5. The molecule has 2 aromatic carbocycles. The maximum absolute atomic E-state index is 12.8. The summed E-state index contributed by atoms with van der Waals surface area (Å²) in [6.45, 7) is -0.433. The van der Waals surface area contributed by atoms with Crippen LogP contribution in [0.25, 0.3) is 10.9 Å². The van der Waals surface area contributed by atoms with Crippen molar-refractivity contribution in [1.82, 2.24) is 4.98 Å². The van der Waals surface area contributed by atoms with Gasteiger partial charge in [0.1, 0.15) is 11.4 Å². The number of aromatic amines is 1. The van der Waals surface area contributed by atoms with Gasteiger partial charge in [-0.15, -0.1) is 12.4 Å². The van der Waals surface area contributed by atoms with Gasteiger partial charge in [-0.2, -0.15) is 0 Å². The highest BCUT2D eigenvalue weighted by Gasteiger charge is 2.39. The van der Waals surface area contributed by atoms with Gasteiger partial charge in [0.25, 0.3) is 0 Å². The van der Waals surface area contributed by atoms with E-state index in [0.717, 1.165) is 5.56 Å². The average molecular weight is 508 g/mol. The van der Waals surface area contributed by atoms with Gasteiger partial charge in [0.05, 0.1) is 5.92 Å². The number of carbonyl (C=O) groups is 3. The summed E-state index contributed by atoms with van der Waals surface area (Å²) < 4.78 is 5.48. The quantitative estimate of drug-likeness (QED) is 0.311. The molecule has 34 heavy (non-hydrogen) atoms. The Morgan fingerprint density at radius 1 is 1.21 bits per heavy atom. The first-order valence-corrected chi connectivity index (χ1v) is 10.6. The first-order chi connectivity index (χ1) is 15.7. The van der Waals surface area contributed by atoms with Crippen LogP contribution in [0.15, 0.2) is 30.3 Å². The Bertz CT molecular complexity index is 1290. The van der Waals surface area contributed by atoms with Gasteiger partial charge in [-0.3, -0.25) is 4.79 Å². The highest BCUT2D eigenvalue weighted by molar-refractivity contribution is 6.31. The average Bonchev–Trinajstić information content (AvgIpc) is 3.14. The topological polar surface area (TPSA) is 169 Å². The molecule has 0 aliphatic heterocycles. The summed E-state index contributed by atoms with van der Waals surface area (Å²) in [5.74, 6) is -4.38. The van der Waals surface area contributed by atoms with Crippen LogP contribution in [0.4, 0.5) is 0 Å². The summed E-state index contributed by atoms with van der Waals surface area (Å²) in [4.78, 5) is 38.9. The second-order valence-corrected chi connectivity index (χ2v) is 8.43. The van der Waals surface area contributed by atoms with Crippen LogP contribution in [-0.4, -0.2) is 39.6 Å². The zero-order chi connectivity index (χ0) is 23.9. The first-order valence-electron chi connectivity index (χ1n) is 10.2. The number of aromatic carboxylic acids is 1. The Balaban J connectivity index is 0.00000324. The number of aliphatic carboxylic acids is 1. The highest BCUT2D eigenvalue weighted by Crippen LogP contribution is 2.48. The fourth-order valence-corrected chi connectivity index (χ4v) is 4.97. The standard InChI is InChI=1S/C23H22ClN3O6.ClH/c24-12-6-11-2-4-14(20-18(11)15(7-12)27-21(20)23(31)32)19(22(26)30)13-3-1-10(8-25)5-16(13)33-9-17(28)29;/h1,3,5-7,14,19,27H,2,4,8-9,25H2,(H2,26,30)(H,28,29)(H,31,32);1H. The largest absolute Gasteiger partial charge is 0.482 e. The first kappa shape index (κ1) is 25.4. The van der Waals surface area contributed by atoms with Gasteiger partial charge < -0.3 is 31.4 Å². The van der Waals surface area contributed by atoms with Crippen molar-refractivity contribution in [3.8, 4) is 5.75 Å². The molecule has 2 unspecified atom stereocenters. The Morgan fingerprint density at radius 3 is 2.56 bits per heavy atom. The van der Waals surface area contributed by atoms with E-state index in [-0.39, 0.29) is 30.4 Å². The van der Waals surface area contributed by atoms with Crippen LogP contribution in [0.2, 0.25) is 5.02 Å². The van der Waals surface area contributed by atoms with E-state index in [0.29, 0.717) is 45.5 Å². The summed E-state index contributed by atoms with van der Waals surface area (Å²) >= 11 is 6.21. The predicted octanol–water partition coefficient (Wildman–Crippen LogP) is 3.16. The van der Waals surface area contributed by atoms with Gasteiger partial charge in [0.15, 0.2) is 6.61 Å². The zero-order valence-corrected chi connectivity index (χ0v) is 19.4. The molecule has 7 N–H and O–H groups in total. The van der Waals surface area contributed by atoms with Crippen molar-refractivity contribution in [1.29, 1.82) is 0 Å². The molecule has 1 aliphatic rings. The number of rotatable bonds is 8. The molecule has 1 aromatic heterocycles. The molecule has 3 aromatic rings. The third-order valence-corrected chi connectivity index (χ3v) is 6.22. The summed E-state index contributed by atoms with van der Waals surface area (Å²) in [6, 6.07) is 8.36. The number of nitrogens with two attached hydrogens (primary N) is 2. The van der Waals surface area contributed by atoms with Crippen molar-refractivity contribution in [3.63, 3.8) is 0 Å². The van der Waals surface area contributed by atoms with E-state index < -0.39 is 36.3 Å². The van der Waals surface area contributed by atoms with Gasteiger partial charge in [-0.1, -0.05) is 23.7 Å². The van der Waals surface area contributed by atoms with E-state index in [1.807, 2.05) is 0 Å². The van der Waals surface area contributed by atoms with E-state index in [9.17, 15) is 19.5 Å². The Kier molecular flexibility index (Phi) is 7.40. The van der Waals surface area contributed by atoms with E-state index in [4.69, 9.17) is 32.9 Å². The normalized spacial score (nSPS) is 15.4. The van der Waals surface area contributed by atoms with Gasteiger partial charge in [0, 0.05) is 34.0 Å². The third-order valence-electron chi connectivity index (χ3n) is 6.00. The van der Waals surface area contributed by atoms with Crippen LogP contribution in [0.5, 0.6) is 5.75 Å². The lowest BCUT2D eigenvalue weighted by atomic mass is 9.73. The predicted molar refractivity (Wildman–Crippen MR) is 128 cm³/mol. The molecule has 0 bridgehead atoms. The minimum Gasteiger partial charge on any atom is -0.482 e. The van der Waals surface area contributed by atoms with Crippen molar-refractivity contribution in [3.05, 3.63) is 63.3 Å². The number of amides is 1. The number of aromatic nitrogens is 1. The maximum Gasteiger partial charge on any atom is 0.352 e. The molecule has 0 saturated carbocycles. The van der Waals surface area contributed by atoms with Crippen LogP contribution in [-0.2, 0) is 22.6 Å². The molecule has 1 amide bonds. The van der Waals surface area contributed by atoms with Crippen LogP contribution in [0.1, 0.15) is 51.0 Å². The zero-order valence-electron chi connectivity index (χ0n) is 17.8. The molecular formula is C23H23Cl2N3O6. The number of ether oxygens (including phenoxy) is 1. The molecule has 4 rings (SSSR count). The number of carbonyl (C=O) groups excluding carboxylic acids is 1. The molecule has 1 heterocycles. The number of hydrogen-bond donors (Lipinski definition) is 5. The van der Waals surface area contributed by atoms with E-state index in [2.05, 4.69) is 4.98 Å². The highest BCUT2D eigenvalue weighted by atomic mass is 35.5. The number of hydrogen-bond acceptors (Lipinski definition) is 5. The summed E-state index contributed by atoms with van der Waals surface area (Å²) in [7, 11) is 0. The molecular weight excluding hydrogens is 485 g/mol. The number of carboxylic acid groups (broad SMARTS) is 2. The summed E-state index contributed by atoms with van der Waals surface area (Å²) in [6.07, 6.45) is 0.993. The van der Waals surface area contributed by atoms with E-state index in [1.165, 1.54) is 0 Å². The van der Waals surface area contributed by atoms with Crippen LogP contribution in [0, 0.1) is 0 Å².